The van der Waals surface area contributed by atoms with Crippen LogP contribution in [0.25, 0.3) is 44.6 Å². The van der Waals surface area contributed by atoms with Crippen molar-refractivity contribution in [1.82, 2.24) is 19.5 Å². The molecule has 1 aliphatic heterocycles. The third-order valence-corrected chi connectivity index (χ3v) is 7.45. The van der Waals surface area contributed by atoms with Gasteiger partial charge in [0.1, 0.15) is 11.3 Å². The number of rotatable bonds is 2. The lowest BCUT2D eigenvalue weighted by Crippen LogP contribution is -2.16. The van der Waals surface area contributed by atoms with Crippen LogP contribution in [0.2, 0.25) is 0 Å². The topological polar surface area (TPSA) is 43.6 Å². The fourth-order valence-corrected chi connectivity index (χ4v) is 5.68. The molecule has 0 saturated heterocycles. The number of hydrogen-bond acceptors (Lipinski definition) is 3. The summed E-state index contributed by atoms with van der Waals surface area (Å²) >= 11 is 0. The van der Waals surface area contributed by atoms with E-state index in [1.807, 2.05) is 6.07 Å². The normalized spacial score (nSPS) is 18.0. The Morgan fingerprint density at radius 2 is 1.71 bits per heavy atom. The quantitative estimate of drug-likeness (QED) is 0.282. The second-order valence-corrected chi connectivity index (χ2v) is 10.2. The first-order valence-corrected chi connectivity index (χ1v) is 12.3. The zero-order valence-corrected chi connectivity index (χ0v) is 20.2. The summed E-state index contributed by atoms with van der Waals surface area (Å²) in [6, 6.07) is 23.3. The molecule has 3 heterocycles. The molecule has 1 unspecified atom stereocenters. The fourth-order valence-electron chi connectivity index (χ4n) is 5.68. The summed E-state index contributed by atoms with van der Waals surface area (Å²) in [6.45, 7) is 6.76. The van der Waals surface area contributed by atoms with Crippen LogP contribution in [0.15, 0.2) is 85.0 Å². The molecule has 0 spiro atoms. The molecule has 0 bridgehead atoms. The number of para-hydroxylation sites is 3. The number of nitrogens with zero attached hydrogens (tertiary/aromatic N) is 4. The van der Waals surface area contributed by atoms with E-state index in [-0.39, 0.29) is 5.41 Å². The van der Waals surface area contributed by atoms with E-state index in [4.69, 9.17) is 15.0 Å². The molecule has 3 aromatic carbocycles. The van der Waals surface area contributed by atoms with Gasteiger partial charge in [0.05, 0.1) is 27.8 Å². The van der Waals surface area contributed by atoms with Gasteiger partial charge in [0.25, 0.3) is 0 Å². The van der Waals surface area contributed by atoms with Gasteiger partial charge >= 0.3 is 0 Å². The Labute approximate surface area is 204 Å². The first kappa shape index (κ1) is 20.3. The highest BCUT2D eigenvalue weighted by atomic mass is 15.1. The molecule has 0 N–H and O–H groups in total. The molecule has 0 saturated carbocycles. The van der Waals surface area contributed by atoms with Crippen LogP contribution in [0.4, 0.5) is 0 Å². The number of fused-ring (bicyclic) bond motifs is 6. The lowest BCUT2D eigenvalue weighted by atomic mass is 9.86. The van der Waals surface area contributed by atoms with E-state index < -0.39 is 0 Å². The van der Waals surface area contributed by atoms with Crippen molar-refractivity contribution in [2.24, 2.45) is 5.92 Å². The molecule has 1 atom stereocenters. The van der Waals surface area contributed by atoms with E-state index in [2.05, 4.69) is 104 Å². The smallest absolute Gasteiger partial charge is 0.162 e. The third kappa shape index (κ3) is 2.89. The van der Waals surface area contributed by atoms with Crippen LogP contribution in [0.5, 0.6) is 0 Å². The van der Waals surface area contributed by atoms with Gasteiger partial charge in [0.2, 0.25) is 0 Å². The van der Waals surface area contributed by atoms with Crippen molar-refractivity contribution in [1.29, 1.82) is 0 Å². The maximum absolute atomic E-state index is 5.23. The Bertz CT molecular complexity index is 1720. The number of hydrogen-bond donors (Lipinski definition) is 0. The molecule has 0 amide bonds. The van der Waals surface area contributed by atoms with Crippen molar-refractivity contribution in [2.75, 3.05) is 0 Å². The minimum Gasteiger partial charge on any atom is -0.295 e. The summed E-state index contributed by atoms with van der Waals surface area (Å²) in [6.07, 6.45) is 7.83. The number of benzene rings is 3. The van der Waals surface area contributed by atoms with Gasteiger partial charge in [-0.2, -0.15) is 0 Å². The van der Waals surface area contributed by atoms with E-state index in [9.17, 15) is 0 Å². The molecular weight excluding hydrogens is 428 g/mol. The monoisotopic (exact) mass is 454 g/mol. The summed E-state index contributed by atoms with van der Waals surface area (Å²) in [5.41, 5.74) is 8.47. The van der Waals surface area contributed by atoms with Crippen molar-refractivity contribution in [3.63, 3.8) is 0 Å². The van der Waals surface area contributed by atoms with E-state index in [1.165, 1.54) is 11.3 Å². The maximum atomic E-state index is 5.23. The zero-order chi connectivity index (χ0) is 23.7. The molecule has 170 valence electrons. The molecule has 1 aliphatic carbocycles. The summed E-state index contributed by atoms with van der Waals surface area (Å²) in [5, 5.41) is 1.08. The highest BCUT2D eigenvalue weighted by Gasteiger charge is 2.39. The van der Waals surface area contributed by atoms with Crippen LogP contribution < -0.4 is 0 Å². The summed E-state index contributed by atoms with van der Waals surface area (Å²) in [4.78, 5) is 15.4. The predicted molar refractivity (Wildman–Crippen MR) is 143 cm³/mol. The molecule has 4 heteroatoms. The van der Waals surface area contributed by atoms with E-state index in [1.54, 1.807) is 0 Å². The van der Waals surface area contributed by atoms with Gasteiger partial charge in [-0.3, -0.25) is 4.57 Å². The van der Waals surface area contributed by atoms with Crippen molar-refractivity contribution in [3.8, 4) is 17.1 Å². The van der Waals surface area contributed by atoms with Gasteiger partial charge < -0.3 is 0 Å². The Morgan fingerprint density at radius 3 is 2.60 bits per heavy atom. The second kappa shape index (κ2) is 7.22. The number of imidazole rings is 1. The van der Waals surface area contributed by atoms with Crippen LogP contribution in [0.3, 0.4) is 0 Å². The molecule has 2 aliphatic rings. The standard InChI is InChI=1S/C31H26N4/c1-19-10-8-11-20(18-19)27-21-12-4-6-15-24(21)32-29(33-27)22-13-9-17-26-28(22)34-30-31(2,3)23-14-5-7-16-25(23)35(26)30/h4-9,11-19H,10H2,1-3H3. The highest BCUT2D eigenvalue weighted by molar-refractivity contribution is 5.97. The van der Waals surface area contributed by atoms with Gasteiger partial charge in [-0.05, 0) is 61.6 Å². The maximum Gasteiger partial charge on any atom is 0.162 e. The molecule has 5 aromatic rings. The first-order chi connectivity index (χ1) is 17.0. The van der Waals surface area contributed by atoms with E-state index in [0.717, 1.165) is 56.8 Å². The van der Waals surface area contributed by atoms with Crippen LogP contribution >= 0.6 is 0 Å². The van der Waals surface area contributed by atoms with Gasteiger partial charge in [-0.15, -0.1) is 0 Å². The Hall–Kier alpha value is -4.05. The lowest BCUT2D eigenvalue weighted by Gasteiger charge is -2.17. The molecule has 4 nitrogen and oxygen atoms in total. The molecule has 7 rings (SSSR count). The number of aromatic nitrogens is 4. The van der Waals surface area contributed by atoms with Crippen LogP contribution in [-0.2, 0) is 5.41 Å². The van der Waals surface area contributed by atoms with Crippen LogP contribution in [-0.4, -0.2) is 19.5 Å². The van der Waals surface area contributed by atoms with Crippen molar-refractivity contribution in [2.45, 2.75) is 32.6 Å². The highest BCUT2D eigenvalue weighted by Crippen LogP contribution is 2.45. The average Bonchev–Trinajstić information content (AvgIpc) is 3.38. The summed E-state index contributed by atoms with van der Waals surface area (Å²) < 4.78 is 2.31. The first-order valence-electron chi connectivity index (χ1n) is 12.3. The Kier molecular flexibility index (Phi) is 4.20. The van der Waals surface area contributed by atoms with Gasteiger partial charge in [-0.25, -0.2) is 15.0 Å². The second-order valence-electron chi connectivity index (χ2n) is 10.2. The summed E-state index contributed by atoms with van der Waals surface area (Å²) in [7, 11) is 0. The van der Waals surface area contributed by atoms with Gasteiger partial charge in [-0.1, -0.05) is 67.6 Å². The molecule has 0 radical (unpaired) electrons. The van der Waals surface area contributed by atoms with Gasteiger partial charge in [0.15, 0.2) is 5.82 Å². The summed E-state index contributed by atoms with van der Waals surface area (Å²) in [5.74, 6) is 2.28. The molecule has 35 heavy (non-hydrogen) atoms. The van der Waals surface area contributed by atoms with Gasteiger partial charge in [0, 0.05) is 10.9 Å². The molecular formula is C31H26N4. The minimum absolute atomic E-state index is 0.171. The fraction of sp³-hybridized carbons (Fsp3) is 0.194. The van der Waals surface area contributed by atoms with Crippen molar-refractivity contribution >= 4 is 27.5 Å². The van der Waals surface area contributed by atoms with Crippen molar-refractivity contribution < 1.29 is 0 Å². The van der Waals surface area contributed by atoms with E-state index in [0.29, 0.717) is 5.92 Å². The molecule has 2 aromatic heterocycles. The molecule has 0 fully saturated rings. The third-order valence-electron chi connectivity index (χ3n) is 7.45. The Balaban J connectivity index is 1.50. The average molecular weight is 455 g/mol. The Morgan fingerprint density at radius 1 is 0.886 bits per heavy atom. The number of allylic oxidation sites excluding steroid dienone is 4. The predicted octanol–water partition coefficient (Wildman–Crippen LogP) is 7.25. The largest absolute Gasteiger partial charge is 0.295 e. The SMILES string of the molecule is CC1C=C(c2nc(-c3cccc4c3nc3n4-c4ccccc4C3(C)C)nc3ccccc23)C=CC1. The van der Waals surface area contributed by atoms with Crippen molar-refractivity contribution in [3.05, 3.63) is 102 Å². The van der Waals surface area contributed by atoms with Crippen LogP contribution in [0.1, 0.15) is 44.3 Å². The van der Waals surface area contributed by atoms with E-state index >= 15 is 0 Å². The minimum atomic E-state index is -0.171. The lowest BCUT2D eigenvalue weighted by molar-refractivity contribution is 0.621. The van der Waals surface area contributed by atoms with Crippen LogP contribution in [0, 0.1) is 5.92 Å². The zero-order valence-electron chi connectivity index (χ0n) is 20.2.